The van der Waals surface area contributed by atoms with Gasteiger partial charge in [0.2, 0.25) is 5.91 Å². The molecule has 1 heterocycles. The standard InChI is InChI=1S/C11H19N5O3/c1-3-7(2)9(12)10(17)13-4-5-16-6-8(11(18)19)14-15-16/h6-7,9H,3-5,12H2,1-2H3,(H,13,17)(H,18,19). The van der Waals surface area contributed by atoms with Crippen molar-refractivity contribution in [2.45, 2.75) is 32.9 Å². The van der Waals surface area contributed by atoms with Crippen molar-refractivity contribution < 1.29 is 14.7 Å². The Kier molecular flexibility index (Phi) is 5.43. The van der Waals surface area contributed by atoms with Gasteiger partial charge in [-0.3, -0.25) is 4.79 Å². The Morgan fingerprint density at radius 1 is 1.58 bits per heavy atom. The van der Waals surface area contributed by atoms with Gasteiger partial charge in [0, 0.05) is 6.54 Å². The molecule has 19 heavy (non-hydrogen) atoms. The van der Waals surface area contributed by atoms with E-state index in [4.69, 9.17) is 10.8 Å². The molecule has 8 heteroatoms. The van der Waals surface area contributed by atoms with Gasteiger partial charge in [-0.05, 0) is 5.92 Å². The second kappa shape index (κ2) is 6.83. The Balaban J connectivity index is 2.37. The molecule has 106 valence electrons. The Morgan fingerprint density at radius 2 is 2.26 bits per heavy atom. The summed E-state index contributed by atoms with van der Waals surface area (Å²) in [4.78, 5) is 22.3. The number of nitrogens with two attached hydrogens (primary N) is 1. The highest BCUT2D eigenvalue weighted by molar-refractivity contribution is 5.84. The number of hydrogen-bond donors (Lipinski definition) is 3. The Labute approximate surface area is 111 Å². The van der Waals surface area contributed by atoms with E-state index in [0.29, 0.717) is 13.1 Å². The van der Waals surface area contributed by atoms with Crippen LogP contribution in [0.15, 0.2) is 6.20 Å². The number of aromatic nitrogens is 3. The van der Waals surface area contributed by atoms with E-state index >= 15 is 0 Å². The molecule has 0 aliphatic heterocycles. The maximum Gasteiger partial charge on any atom is 0.358 e. The number of amides is 1. The maximum absolute atomic E-state index is 11.7. The van der Waals surface area contributed by atoms with Gasteiger partial charge in [0.25, 0.3) is 0 Å². The zero-order valence-corrected chi connectivity index (χ0v) is 11.0. The largest absolute Gasteiger partial charge is 0.476 e. The van der Waals surface area contributed by atoms with E-state index in [2.05, 4.69) is 15.6 Å². The van der Waals surface area contributed by atoms with Crippen molar-refractivity contribution >= 4 is 11.9 Å². The summed E-state index contributed by atoms with van der Waals surface area (Å²) in [6.45, 7) is 4.56. The van der Waals surface area contributed by atoms with E-state index < -0.39 is 12.0 Å². The first kappa shape index (κ1) is 15.1. The number of carboxylic acid groups (broad SMARTS) is 1. The van der Waals surface area contributed by atoms with Gasteiger partial charge >= 0.3 is 5.97 Å². The first-order chi connectivity index (χ1) is 8.95. The predicted octanol–water partition coefficient (Wildman–Crippen LogP) is -0.534. The van der Waals surface area contributed by atoms with Gasteiger partial charge in [0.1, 0.15) is 0 Å². The van der Waals surface area contributed by atoms with Crippen molar-refractivity contribution in [1.29, 1.82) is 0 Å². The summed E-state index contributed by atoms with van der Waals surface area (Å²) in [7, 11) is 0. The molecule has 2 atom stereocenters. The Hall–Kier alpha value is -1.96. The third kappa shape index (κ3) is 4.32. The van der Waals surface area contributed by atoms with Crippen molar-refractivity contribution in [1.82, 2.24) is 20.3 Å². The second-order valence-electron chi connectivity index (χ2n) is 4.37. The maximum atomic E-state index is 11.7. The zero-order valence-electron chi connectivity index (χ0n) is 11.0. The molecule has 8 nitrogen and oxygen atoms in total. The number of rotatable bonds is 7. The third-order valence-corrected chi connectivity index (χ3v) is 2.96. The van der Waals surface area contributed by atoms with Crippen LogP contribution in [0.3, 0.4) is 0 Å². The quantitative estimate of drug-likeness (QED) is 0.611. The third-order valence-electron chi connectivity index (χ3n) is 2.96. The Morgan fingerprint density at radius 3 is 2.79 bits per heavy atom. The van der Waals surface area contributed by atoms with E-state index in [1.54, 1.807) is 0 Å². The molecule has 4 N–H and O–H groups in total. The van der Waals surface area contributed by atoms with Crippen LogP contribution in [0, 0.1) is 5.92 Å². The van der Waals surface area contributed by atoms with Crippen molar-refractivity contribution in [2.24, 2.45) is 11.7 Å². The molecule has 0 fully saturated rings. The molecule has 0 saturated heterocycles. The number of carbonyl (C=O) groups is 2. The van der Waals surface area contributed by atoms with Crippen LogP contribution >= 0.6 is 0 Å². The van der Waals surface area contributed by atoms with Crippen LogP contribution in [0.2, 0.25) is 0 Å². The van der Waals surface area contributed by atoms with Crippen LogP contribution in [0.4, 0.5) is 0 Å². The Bertz CT molecular complexity index is 445. The minimum absolute atomic E-state index is 0.116. The van der Waals surface area contributed by atoms with Crippen LogP contribution < -0.4 is 11.1 Å². The summed E-state index contributed by atoms with van der Waals surface area (Å²) in [5.74, 6) is -1.23. The number of carboxylic acids is 1. The van der Waals surface area contributed by atoms with E-state index in [-0.39, 0.29) is 17.5 Å². The SMILES string of the molecule is CCC(C)C(N)C(=O)NCCn1cc(C(=O)O)nn1. The summed E-state index contributed by atoms with van der Waals surface area (Å²) in [5, 5.41) is 18.5. The molecule has 1 amide bonds. The van der Waals surface area contributed by atoms with Crippen LogP contribution in [0.1, 0.15) is 30.8 Å². The van der Waals surface area contributed by atoms with Gasteiger partial charge in [-0.15, -0.1) is 5.10 Å². The fourth-order valence-corrected chi connectivity index (χ4v) is 1.43. The van der Waals surface area contributed by atoms with Crippen LogP contribution in [-0.4, -0.2) is 44.6 Å². The lowest BCUT2D eigenvalue weighted by molar-refractivity contribution is -0.123. The van der Waals surface area contributed by atoms with Gasteiger partial charge in [-0.25, -0.2) is 9.48 Å². The van der Waals surface area contributed by atoms with Gasteiger partial charge in [0.05, 0.1) is 18.8 Å². The summed E-state index contributed by atoms with van der Waals surface area (Å²) < 4.78 is 1.36. The summed E-state index contributed by atoms with van der Waals surface area (Å²) in [6, 6.07) is -0.532. The molecule has 0 saturated carbocycles. The van der Waals surface area contributed by atoms with Crippen molar-refractivity contribution in [3.05, 3.63) is 11.9 Å². The predicted molar refractivity (Wildman–Crippen MR) is 67.4 cm³/mol. The minimum atomic E-state index is -1.13. The van der Waals surface area contributed by atoms with Crippen LogP contribution in [0.25, 0.3) is 0 Å². The number of hydrogen-bond acceptors (Lipinski definition) is 5. The molecule has 1 aromatic heterocycles. The zero-order chi connectivity index (χ0) is 14.4. The highest BCUT2D eigenvalue weighted by Gasteiger charge is 2.18. The average molecular weight is 269 g/mol. The molecule has 0 bridgehead atoms. The molecule has 0 radical (unpaired) electrons. The summed E-state index contributed by atoms with van der Waals surface area (Å²) in [5.41, 5.74) is 5.65. The number of aromatic carboxylic acids is 1. The lowest BCUT2D eigenvalue weighted by Gasteiger charge is -2.17. The number of carbonyl (C=O) groups excluding carboxylic acids is 1. The molecular weight excluding hydrogens is 250 g/mol. The fraction of sp³-hybridized carbons (Fsp3) is 0.636. The van der Waals surface area contributed by atoms with E-state index in [1.807, 2.05) is 13.8 Å². The topological polar surface area (TPSA) is 123 Å². The fourth-order valence-electron chi connectivity index (χ4n) is 1.43. The van der Waals surface area contributed by atoms with E-state index in [9.17, 15) is 9.59 Å². The van der Waals surface area contributed by atoms with Gasteiger partial charge in [-0.2, -0.15) is 0 Å². The lowest BCUT2D eigenvalue weighted by Crippen LogP contribution is -2.45. The molecular formula is C11H19N5O3. The summed E-state index contributed by atoms with van der Waals surface area (Å²) >= 11 is 0. The first-order valence-electron chi connectivity index (χ1n) is 6.12. The lowest BCUT2D eigenvalue weighted by atomic mass is 9.99. The highest BCUT2D eigenvalue weighted by Crippen LogP contribution is 2.04. The molecule has 0 aliphatic carbocycles. The van der Waals surface area contributed by atoms with Gasteiger partial charge in [-0.1, -0.05) is 25.5 Å². The van der Waals surface area contributed by atoms with E-state index in [1.165, 1.54) is 10.9 Å². The number of nitrogens with zero attached hydrogens (tertiary/aromatic N) is 3. The van der Waals surface area contributed by atoms with E-state index in [0.717, 1.165) is 6.42 Å². The normalized spacial score (nSPS) is 13.8. The molecule has 1 rings (SSSR count). The summed E-state index contributed by atoms with van der Waals surface area (Å²) in [6.07, 6.45) is 2.14. The first-order valence-corrected chi connectivity index (χ1v) is 6.12. The smallest absolute Gasteiger partial charge is 0.358 e. The number of nitrogens with one attached hydrogen (secondary N) is 1. The van der Waals surface area contributed by atoms with Crippen molar-refractivity contribution in [3.8, 4) is 0 Å². The van der Waals surface area contributed by atoms with Crippen molar-refractivity contribution in [3.63, 3.8) is 0 Å². The van der Waals surface area contributed by atoms with Gasteiger partial charge < -0.3 is 16.2 Å². The molecule has 2 unspecified atom stereocenters. The van der Waals surface area contributed by atoms with Gasteiger partial charge in [0.15, 0.2) is 5.69 Å². The minimum Gasteiger partial charge on any atom is -0.476 e. The van der Waals surface area contributed by atoms with Crippen LogP contribution in [-0.2, 0) is 11.3 Å². The highest BCUT2D eigenvalue weighted by atomic mass is 16.4. The molecule has 0 spiro atoms. The van der Waals surface area contributed by atoms with Crippen LogP contribution in [0.5, 0.6) is 0 Å². The average Bonchev–Trinajstić information content (AvgIpc) is 2.85. The molecule has 0 aromatic carbocycles. The monoisotopic (exact) mass is 269 g/mol. The molecule has 0 aliphatic rings. The molecule has 1 aromatic rings. The van der Waals surface area contributed by atoms with Crippen molar-refractivity contribution in [2.75, 3.05) is 6.54 Å². The second-order valence-corrected chi connectivity index (χ2v) is 4.37.